The predicted molar refractivity (Wildman–Crippen MR) is 76.5 cm³/mol. The first kappa shape index (κ1) is 16.2. The quantitative estimate of drug-likeness (QED) is 0.592. The van der Waals surface area contributed by atoms with E-state index < -0.39 is 0 Å². The van der Waals surface area contributed by atoms with E-state index in [0.717, 1.165) is 6.42 Å². The largest absolute Gasteiger partial charge is 0.462 e. The summed E-state index contributed by atoms with van der Waals surface area (Å²) in [5.41, 5.74) is 0.662. The van der Waals surface area contributed by atoms with E-state index in [4.69, 9.17) is 9.47 Å². The van der Waals surface area contributed by atoms with Gasteiger partial charge in [-0.25, -0.2) is 0 Å². The zero-order chi connectivity index (χ0) is 15.1. The second kappa shape index (κ2) is 7.68. The van der Waals surface area contributed by atoms with Crippen molar-refractivity contribution < 1.29 is 19.1 Å². The highest BCUT2D eigenvalue weighted by Gasteiger charge is 2.15. The van der Waals surface area contributed by atoms with Gasteiger partial charge in [0.15, 0.2) is 0 Å². The van der Waals surface area contributed by atoms with Crippen molar-refractivity contribution in [3.05, 3.63) is 29.8 Å². The van der Waals surface area contributed by atoms with Gasteiger partial charge in [0, 0.05) is 5.56 Å². The Labute approximate surface area is 120 Å². The number of para-hydroxylation sites is 1. The molecule has 0 saturated carbocycles. The smallest absolute Gasteiger partial charge is 0.313 e. The van der Waals surface area contributed by atoms with Gasteiger partial charge in [-0.15, -0.1) is 0 Å². The summed E-state index contributed by atoms with van der Waals surface area (Å²) in [6, 6.07) is 7.03. The first-order valence-electron chi connectivity index (χ1n) is 6.93. The third kappa shape index (κ3) is 5.03. The summed E-state index contributed by atoms with van der Waals surface area (Å²) in [5.74, 6) is -0.414. The van der Waals surface area contributed by atoms with Crippen LogP contribution < -0.4 is 4.74 Å². The van der Waals surface area contributed by atoms with Crippen LogP contribution in [-0.2, 0) is 20.7 Å². The molecule has 0 fully saturated rings. The molecular weight excluding hydrogens is 256 g/mol. The van der Waals surface area contributed by atoms with Crippen LogP contribution in [0.2, 0.25) is 0 Å². The molecule has 1 aromatic carbocycles. The highest BCUT2D eigenvalue weighted by molar-refractivity contribution is 5.77. The lowest BCUT2D eigenvalue weighted by atomic mass is 10.1. The summed E-state index contributed by atoms with van der Waals surface area (Å²) in [4.78, 5) is 23.4. The maximum Gasteiger partial charge on any atom is 0.313 e. The van der Waals surface area contributed by atoms with Crippen LogP contribution in [0, 0.1) is 5.92 Å². The average Bonchev–Trinajstić information content (AvgIpc) is 2.40. The van der Waals surface area contributed by atoms with Gasteiger partial charge in [0.25, 0.3) is 0 Å². The predicted octanol–water partition coefficient (Wildman–Crippen LogP) is 3.13. The van der Waals surface area contributed by atoms with Crippen molar-refractivity contribution in [3.8, 4) is 5.75 Å². The van der Waals surface area contributed by atoms with Crippen LogP contribution in [0.4, 0.5) is 0 Å². The minimum Gasteiger partial charge on any atom is -0.462 e. The molecule has 0 heterocycles. The van der Waals surface area contributed by atoms with E-state index in [-0.39, 0.29) is 30.4 Å². The molecule has 0 aromatic heterocycles. The van der Waals surface area contributed by atoms with Gasteiger partial charge in [-0.05, 0) is 19.4 Å². The standard InChI is InChI=1S/C16H22O4/c1-5-12(4)19-15(17)10-13-8-6-7-9-14(13)20-16(18)11(2)3/h6-9,11-12H,5,10H2,1-4H3. The molecule has 0 aliphatic heterocycles. The van der Waals surface area contributed by atoms with Crippen molar-refractivity contribution in [2.24, 2.45) is 5.92 Å². The van der Waals surface area contributed by atoms with Gasteiger partial charge in [-0.3, -0.25) is 9.59 Å². The molecule has 0 aliphatic carbocycles. The Hall–Kier alpha value is -1.84. The highest BCUT2D eigenvalue weighted by atomic mass is 16.5. The van der Waals surface area contributed by atoms with Gasteiger partial charge in [-0.2, -0.15) is 0 Å². The Morgan fingerprint density at radius 2 is 1.80 bits per heavy atom. The van der Waals surface area contributed by atoms with E-state index in [1.54, 1.807) is 38.1 Å². The number of rotatable bonds is 6. The Kier molecular flexibility index (Phi) is 6.22. The maximum atomic E-state index is 11.8. The highest BCUT2D eigenvalue weighted by Crippen LogP contribution is 2.20. The molecule has 0 amide bonds. The molecule has 1 rings (SSSR count). The minimum absolute atomic E-state index is 0.103. The lowest BCUT2D eigenvalue weighted by Crippen LogP contribution is -2.18. The molecule has 4 heteroatoms. The Morgan fingerprint density at radius 1 is 1.15 bits per heavy atom. The van der Waals surface area contributed by atoms with Crippen LogP contribution in [0.1, 0.15) is 39.7 Å². The van der Waals surface area contributed by atoms with Crippen LogP contribution in [0.5, 0.6) is 5.75 Å². The normalized spacial score (nSPS) is 12.1. The fourth-order valence-corrected chi connectivity index (χ4v) is 1.48. The Balaban J connectivity index is 2.75. The fraction of sp³-hybridized carbons (Fsp3) is 0.500. The van der Waals surface area contributed by atoms with E-state index >= 15 is 0 Å². The zero-order valence-electron chi connectivity index (χ0n) is 12.5. The first-order valence-corrected chi connectivity index (χ1v) is 6.93. The monoisotopic (exact) mass is 278 g/mol. The van der Waals surface area contributed by atoms with E-state index in [9.17, 15) is 9.59 Å². The van der Waals surface area contributed by atoms with Gasteiger partial charge in [-0.1, -0.05) is 39.0 Å². The molecule has 1 aromatic rings. The van der Waals surface area contributed by atoms with E-state index in [1.807, 2.05) is 13.8 Å². The SMILES string of the molecule is CCC(C)OC(=O)Cc1ccccc1OC(=O)C(C)C. The average molecular weight is 278 g/mol. The molecule has 0 radical (unpaired) electrons. The van der Waals surface area contributed by atoms with Crippen molar-refractivity contribution in [1.29, 1.82) is 0 Å². The molecule has 20 heavy (non-hydrogen) atoms. The molecule has 4 nitrogen and oxygen atoms in total. The van der Waals surface area contributed by atoms with Crippen LogP contribution >= 0.6 is 0 Å². The topological polar surface area (TPSA) is 52.6 Å². The zero-order valence-corrected chi connectivity index (χ0v) is 12.5. The lowest BCUT2D eigenvalue weighted by Gasteiger charge is -2.13. The van der Waals surface area contributed by atoms with Crippen molar-refractivity contribution in [3.63, 3.8) is 0 Å². The van der Waals surface area contributed by atoms with Gasteiger partial charge in [0.05, 0.1) is 18.4 Å². The van der Waals surface area contributed by atoms with Crippen LogP contribution in [0.25, 0.3) is 0 Å². The molecule has 0 N–H and O–H groups in total. The first-order chi connectivity index (χ1) is 9.43. The lowest BCUT2D eigenvalue weighted by molar-refractivity contribution is -0.147. The van der Waals surface area contributed by atoms with E-state index in [0.29, 0.717) is 11.3 Å². The summed E-state index contributed by atoms with van der Waals surface area (Å²) in [7, 11) is 0. The third-order valence-electron chi connectivity index (χ3n) is 2.90. The van der Waals surface area contributed by atoms with Crippen molar-refractivity contribution in [2.45, 2.75) is 46.6 Å². The van der Waals surface area contributed by atoms with Crippen LogP contribution in [0.3, 0.4) is 0 Å². The molecular formula is C16H22O4. The van der Waals surface area contributed by atoms with Gasteiger partial charge in [0.2, 0.25) is 0 Å². The number of carbonyl (C=O) groups excluding carboxylic acids is 2. The molecule has 1 unspecified atom stereocenters. The minimum atomic E-state index is -0.313. The number of hydrogen-bond acceptors (Lipinski definition) is 4. The summed E-state index contributed by atoms with van der Waals surface area (Å²) in [6.07, 6.45) is 0.773. The third-order valence-corrected chi connectivity index (χ3v) is 2.90. The number of benzene rings is 1. The maximum absolute atomic E-state index is 11.8. The van der Waals surface area contributed by atoms with Gasteiger partial charge in [0.1, 0.15) is 5.75 Å². The van der Waals surface area contributed by atoms with Crippen molar-refractivity contribution >= 4 is 11.9 Å². The second-order valence-electron chi connectivity index (χ2n) is 5.07. The number of ether oxygens (including phenoxy) is 2. The van der Waals surface area contributed by atoms with Gasteiger partial charge >= 0.3 is 11.9 Å². The van der Waals surface area contributed by atoms with Crippen molar-refractivity contribution in [1.82, 2.24) is 0 Å². The molecule has 110 valence electrons. The number of esters is 2. The van der Waals surface area contributed by atoms with Crippen LogP contribution in [-0.4, -0.2) is 18.0 Å². The summed E-state index contributed by atoms with van der Waals surface area (Å²) >= 11 is 0. The van der Waals surface area contributed by atoms with Crippen molar-refractivity contribution in [2.75, 3.05) is 0 Å². The molecule has 0 aliphatic rings. The Morgan fingerprint density at radius 3 is 2.40 bits per heavy atom. The molecule has 1 atom stereocenters. The Bertz CT molecular complexity index is 465. The number of hydrogen-bond donors (Lipinski definition) is 0. The summed E-state index contributed by atoms with van der Waals surface area (Å²) < 4.78 is 10.5. The summed E-state index contributed by atoms with van der Waals surface area (Å²) in [6.45, 7) is 7.34. The van der Waals surface area contributed by atoms with E-state index in [2.05, 4.69) is 0 Å². The van der Waals surface area contributed by atoms with Crippen LogP contribution in [0.15, 0.2) is 24.3 Å². The molecule has 0 spiro atoms. The fourth-order valence-electron chi connectivity index (χ4n) is 1.48. The summed E-state index contributed by atoms with van der Waals surface area (Å²) in [5, 5.41) is 0. The second-order valence-corrected chi connectivity index (χ2v) is 5.07. The number of carbonyl (C=O) groups is 2. The molecule has 0 bridgehead atoms. The van der Waals surface area contributed by atoms with Gasteiger partial charge < -0.3 is 9.47 Å². The molecule has 0 saturated heterocycles. The van der Waals surface area contributed by atoms with E-state index in [1.165, 1.54) is 0 Å².